The van der Waals surface area contributed by atoms with Gasteiger partial charge in [-0.05, 0) is 61.1 Å². The van der Waals surface area contributed by atoms with Gasteiger partial charge in [0, 0.05) is 30.6 Å². The Labute approximate surface area is 197 Å². The molecule has 32 heavy (non-hydrogen) atoms. The molecule has 4 nitrogen and oxygen atoms in total. The van der Waals surface area contributed by atoms with Crippen LogP contribution >= 0.6 is 11.6 Å². The summed E-state index contributed by atoms with van der Waals surface area (Å²) in [5.41, 5.74) is 1.17. The molecule has 4 rings (SSSR count). The second-order valence-corrected chi connectivity index (χ2v) is 9.57. The summed E-state index contributed by atoms with van der Waals surface area (Å²) in [6, 6.07) is 16.2. The number of morpholine rings is 1. The number of benzene rings is 2. The van der Waals surface area contributed by atoms with Crippen LogP contribution < -0.4 is 4.74 Å². The minimum absolute atomic E-state index is 0.0566. The van der Waals surface area contributed by atoms with E-state index in [0.717, 1.165) is 67.6 Å². The van der Waals surface area contributed by atoms with Crippen molar-refractivity contribution >= 4 is 11.6 Å². The van der Waals surface area contributed by atoms with Crippen molar-refractivity contribution in [1.29, 1.82) is 0 Å². The Kier molecular flexibility index (Phi) is 8.12. The first kappa shape index (κ1) is 23.6. The van der Waals surface area contributed by atoms with E-state index < -0.39 is 5.60 Å². The molecular formula is C27H36ClNO3. The van der Waals surface area contributed by atoms with Crippen LogP contribution in [0.2, 0.25) is 5.02 Å². The summed E-state index contributed by atoms with van der Waals surface area (Å²) < 4.78 is 11.3. The zero-order valence-electron chi connectivity index (χ0n) is 19.1. The molecule has 0 aromatic heterocycles. The van der Waals surface area contributed by atoms with Crippen LogP contribution in [0.5, 0.6) is 5.75 Å². The van der Waals surface area contributed by atoms with Gasteiger partial charge in [-0.25, -0.2) is 0 Å². The van der Waals surface area contributed by atoms with Crippen molar-refractivity contribution in [3.05, 3.63) is 64.7 Å². The van der Waals surface area contributed by atoms with E-state index in [1.165, 1.54) is 19.3 Å². The Morgan fingerprint density at radius 3 is 2.31 bits per heavy atom. The van der Waals surface area contributed by atoms with Gasteiger partial charge < -0.3 is 14.6 Å². The largest absolute Gasteiger partial charge is 0.494 e. The monoisotopic (exact) mass is 457 g/mol. The smallest absolute Gasteiger partial charge is 0.119 e. The highest BCUT2D eigenvalue weighted by molar-refractivity contribution is 6.30. The normalized spacial score (nSPS) is 21.1. The topological polar surface area (TPSA) is 41.9 Å². The quantitative estimate of drug-likeness (QED) is 0.558. The van der Waals surface area contributed by atoms with Gasteiger partial charge in [-0.15, -0.1) is 0 Å². The molecule has 5 heteroatoms. The first-order valence-corrected chi connectivity index (χ1v) is 12.5. The van der Waals surface area contributed by atoms with Gasteiger partial charge in [0.15, 0.2) is 0 Å². The van der Waals surface area contributed by atoms with Crippen molar-refractivity contribution in [1.82, 2.24) is 4.90 Å². The first-order valence-electron chi connectivity index (χ1n) is 12.1. The molecule has 0 radical (unpaired) electrons. The Balaban J connectivity index is 1.76. The third-order valence-corrected chi connectivity index (χ3v) is 7.46. The molecule has 174 valence electrons. The molecule has 2 atom stereocenters. The molecule has 1 saturated heterocycles. The van der Waals surface area contributed by atoms with E-state index >= 15 is 0 Å². The molecule has 1 saturated carbocycles. The lowest BCUT2D eigenvalue weighted by atomic mass is 9.65. The summed E-state index contributed by atoms with van der Waals surface area (Å²) in [6.45, 7) is 6.71. The maximum Gasteiger partial charge on any atom is 0.119 e. The standard InChI is InChI=1S/C27H36ClNO3/c1-2-32-25-14-10-23(11-15-25)27(30,22-6-4-3-5-7-22)26(20-29-16-18-31-19-17-29)21-8-12-24(28)13-9-21/h8-15,22,26,30H,2-7,16-20H2,1H3/t26-,27-/m0/s1. The Morgan fingerprint density at radius 2 is 1.69 bits per heavy atom. The number of hydrogen-bond acceptors (Lipinski definition) is 4. The summed E-state index contributed by atoms with van der Waals surface area (Å²) in [4.78, 5) is 2.44. The minimum Gasteiger partial charge on any atom is -0.494 e. The summed E-state index contributed by atoms with van der Waals surface area (Å²) in [5.74, 6) is 1.01. The fraction of sp³-hybridized carbons (Fsp3) is 0.556. The zero-order valence-corrected chi connectivity index (χ0v) is 19.9. The molecule has 2 aromatic carbocycles. The van der Waals surface area contributed by atoms with Crippen LogP contribution in [-0.2, 0) is 10.3 Å². The van der Waals surface area contributed by atoms with Gasteiger partial charge in [0.05, 0.1) is 19.8 Å². The zero-order chi connectivity index (χ0) is 22.4. The van der Waals surface area contributed by atoms with Gasteiger partial charge in [-0.2, -0.15) is 0 Å². The number of rotatable bonds is 8. The number of ether oxygens (including phenoxy) is 2. The average molecular weight is 458 g/mol. The molecule has 0 amide bonds. The van der Waals surface area contributed by atoms with Crippen LogP contribution in [0.1, 0.15) is 56.1 Å². The highest BCUT2D eigenvalue weighted by Crippen LogP contribution is 2.49. The Bertz CT molecular complexity index is 829. The molecule has 1 aliphatic heterocycles. The van der Waals surface area contributed by atoms with E-state index in [9.17, 15) is 5.11 Å². The highest BCUT2D eigenvalue weighted by Gasteiger charge is 2.46. The number of nitrogens with zero attached hydrogens (tertiary/aromatic N) is 1. The number of aliphatic hydroxyl groups is 1. The van der Waals surface area contributed by atoms with Gasteiger partial charge in [-0.3, -0.25) is 4.90 Å². The Morgan fingerprint density at radius 1 is 1.03 bits per heavy atom. The second kappa shape index (κ2) is 11.0. The van der Waals surface area contributed by atoms with Crippen LogP contribution in [0.4, 0.5) is 0 Å². The van der Waals surface area contributed by atoms with E-state index in [1.807, 2.05) is 31.2 Å². The summed E-state index contributed by atoms with van der Waals surface area (Å²) in [5, 5.41) is 13.4. The van der Waals surface area contributed by atoms with Crippen LogP contribution in [0.3, 0.4) is 0 Å². The summed E-state index contributed by atoms with van der Waals surface area (Å²) >= 11 is 6.23. The van der Waals surface area contributed by atoms with E-state index in [0.29, 0.717) is 6.61 Å². The van der Waals surface area contributed by atoms with E-state index in [2.05, 4.69) is 29.2 Å². The summed E-state index contributed by atoms with van der Waals surface area (Å²) in [6.07, 6.45) is 5.71. The lowest BCUT2D eigenvalue weighted by Crippen LogP contribution is -2.48. The van der Waals surface area contributed by atoms with Crippen molar-refractivity contribution in [3.8, 4) is 5.75 Å². The highest BCUT2D eigenvalue weighted by atomic mass is 35.5. The van der Waals surface area contributed by atoms with Crippen molar-refractivity contribution in [2.45, 2.75) is 50.5 Å². The molecule has 2 aromatic rings. The van der Waals surface area contributed by atoms with Crippen LogP contribution in [0.25, 0.3) is 0 Å². The number of hydrogen-bond donors (Lipinski definition) is 1. The molecule has 0 unspecified atom stereocenters. The average Bonchev–Trinajstić information content (AvgIpc) is 2.85. The van der Waals surface area contributed by atoms with Crippen molar-refractivity contribution in [2.24, 2.45) is 5.92 Å². The van der Waals surface area contributed by atoms with E-state index in [4.69, 9.17) is 21.1 Å². The van der Waals surface area contributed by atoms with Crippen LogP contribution in [-0.4, -0.2) is 49.5 Å². The third kappa shape index (κ3) is 5.31. The number of halogens is 1. The fourth-order valence-corrected chi connectivity index (χ4v) is 5.61. The second-order valence-electron chi connectivity index (χ2n) is 9.13. The SMILES string of the molecule is CCOc1ccc([C@@](O)(C2CCCCC2)[C@@H](CN2CCOCC2)c2ccc(Cl)cc2)cc1. The summed E-state index contributed by atoms with van der Waals surface area (Å²) in [7, 11) is 0. The van der Waals surface area contributed by atoms with Crippen molar-refractivity contribution in [2.75, 3.05) is 39.5 Å². The van der Waals surface area contributed by atoms with Gasteiger partial charge >= 0.3 is 0 Å². The molecular weight excluding hydrogens is 422 g/mol. The first-order chi connectivity index (χ1) is 15.6. The van der Waals surface area contributed by atoms with Gasteiger partial charge in [0.1, 0.15) is 11.4 Å². The fourth-order valence-electron chi connectivity index (χ4n) is 5.48. The maximum absolute atomic E-state index is 12.7. The lowest BCUT2D eigenvalue weighted by Gasteiger charge is -2.46. The molecule has 2 aliphatic rings. The molecule has 0 spiro atoms. The van der Waals surface area contributed by atoms with E-state index in [-0.39, 0.29) is 11.8 Å². The lowest BCUT2D eigenvalue weighted by molar-refractivity contribution is -0.0758. The van der Waals surface area contributed by atoms with Gasteiger partial charge in [0.2, 0.25) is 0 Å². The molecule has 1 N–H and O–H groups in total. The van der Waals surface area contributed by atoms with Crippen LogP contribution in [0.15, 0.2) is 48.5 Å². The van der Waals surface area contributed by atoms with Crippen LogP contribution in [0, 0.1) is 5.92 Å². The van der Waals surface area contributed by atoms with Gasteiger partial charge in [-0.1, -0.05) is 55.1 Å². The van der Waals surface area contributed by atoms with Crippen molar-refractivity contribution < 1.29 is 14.6 Å². The predicted molar refractivity (Wildman–Crippen MR) is 130 cm³/mol. The molecule has 1 aliphatic carbocycles. The Hall–Kier alpha value is -1.59. The molecule has 1 heterocycles. The van der Waals surface area contributed by atoms with E-state index in [1.54, 1.807) is 0 Å². The van der Waals surface area contributed by atoms with Crippen molar-refractivity contribution in [3.63, 3.8) is 0 Å². The third-order valence-electron chi connectivity index (χ3n) is 7.20. The van der Waals surface area contributed by atoms with Gasteiger partial charge in [0.25, 0.3) is 0 Å². The molecule has 0 bridgehead atoms. The maximum atomic E-state index is 12.7. The minimum atomic E-state index is -0.961. The molecule has 2 fully saturated rings. The predicted octanol–water partition coefficient (Wildman–Crippen LogP) is 5.62.